The quantitative estimate of drug-likeness (QED) is 0.505. The largest absolute Gasteiger partial charge is 0.492 e. The topological polar surface area (TPSA) is 41.8 Å². The van der Waals surface area contributed by atoms with Gasteiger partial charge in [-0.05, 0) is 31.0 Å². The van der Waals surface area contributed by atoms with Gasteiger partial charge in [0.2, 0.25) is 0 Å². The Morgan fingerprint density at radius 3 is 2.86 bits per heavy atom. The van der Waals surface area contributed by atoms with Gasteiger partial charge >= 0.3 is 0 Å². The maximum atomic E-state index is 8.85. The average molecular weight is 191 g/mol. The minimum absolute atomic E-state index is 0.594. The Bertz CT molecular complexity index is 397. The van der Waals surface area contributed by atoms with Gasteiger partial charge < -0.3 is 9.94 Å². The lowest BCUT2D eigenvalue weighted by Crippen LogP contribution is -2.17. The maximum absolute atomic E-state index is 8.85. The van der Waals surface area contributed by atoms with E-state index in [-0.39, 0.29) is 0 Å². The Hall–Kier alpha value is -1.51. The first-order valence-corrected chi connectivity index (χ1v) is 4.67. The standard InChI is InChI=1S/C11H13NO2/c1-7-5-8(2)11-9(6-7)10(12-13)3-4-14-11/h5-6,13H,3-4H2,1-2H3/b12-10+. The van der Waals surface area contributed by atoms with Crippen LogP contribution in [0.15, 0.2) is 17.3 Å². The summed E-state index contributed by atoms with van der Waals surface area (Å²) >= 11 is 0. The summed E-state index contributed by atoms with van der Waals surface area (Å²) in [6.45, 7) is 4.62. The van der Waals surface area contributed by atoms with E-state index in [4.69, 9.17) is 9.94 Å². The Morgan fingerprint density at radius 2 is 2.14 bits per heavy atom. The fourth-order valence-electron chi connectivity index (χ4n) is 1.85. The Labute approximate surface area is 83.0 Å². The third-order valence-corrected chi connectivity index (χ3v) is 2.44. The number of ether oxygens (including phenoxy) is 1. The van der Waals surface area contributed by atoms with Crippen molar-refractivity contribution >= 4 is 5.71 Å². The van der Waals surface area contributed by atoms with Gasteiger partial charge in [-0.25, -0.2) is 0 Å². The first kappa shape index (κ1) is 9.06. The average Bonchev–Trinajstić information content (AvgIpc) is 2.17. The number of fused-ring (bicyclic) bond motifs is 1. The van der Waals surface area contributed by atoms with Gasteiger partial charge in [0, 0.05) is 12.0 Å². The number of hydrogen-bond donors (Lipinski definition) is 1. The molecule has 1 N–H and O–H groups in total. The minimum Gasteiger partial charge on any atom is -0.492 e. The molecule has 0 radical (unpaired) electrons. The zero-order valence-electron chi connectivity index (χ0n) is 8.37. The van der Waals surface area contributed by atoms with E-state index in [1.807, 2.05) is 19.9 Å². The lowest BCUT2D eigenvalue weighted by molar-refractivity contribution is 0.297. The van der Waals surface area contributed by atoms with Crippen LogP contribution in [0, 0.1) is 13.8 Å². The van der Waals surface area contributed by atoms with Gasteiger partial charge in [0.25, 0.3) is 0 Å². The number of benzene rings is 1. The molecule has 3 heteroatoms. The van der Waals surface area contributed by atoms with Gasteiger partial charge in [0.05, 0.1) is 12.3 Å². The third kappa shape index (κ3) is 1.35. The normalized spacial score (nSPS) is 17.7. The molecule has 0 fully saturated rings. The predicted molar refractivity (Wildman–Crippen MR) is 54.4 cm³/mol. The van der Waals surface area contributed by atoms with Crippen LogP contribution in [0.4, 0.5) is 0 Å². The molecule has 0 aromatic heterocycles. The highest BCUT2D eigenvalue weighted by atomic mass is 16.5. The van der Waals surface area contributed by atoms with Crippen molar-refractivity contribution in [3.8, 4) is 5.75 Å². The molecule has 14 heavy (non-hydrogen) atoms. The van der Waals surface area contributed by atoms with Gasteiger partial charge in [0.1, 0.15) is 5.75 Å². The van der Waals surface area contributed by atoms with Crippen LogP contribution in [-0.2, 0) is 0 Å². The van der Waals surface area contributed by atoms with Crippen molar-refractivity contribution in [2.75, 3.05) is 6.61 Å². The van der Waals surface area contributed by atoms with Gasteiger partial charge in [-0.2, -0.15) is 0 Å². The first-order chi connectivity index (χ1) is 6.72. The van der Waals surface area contributed by atoms with Crippen LogP contribution >= 0.6 is 0 Å². The molecule has 0 unspecified atom stereocenters. The van der Waals surface area contributed by atoms with E-state index in [2.05, 4.69) is 11.2 Å². The van der Waals surface area contributed by atoms with E-state index < -0.39 is 0 Å². The van der Waals surface area contributed by atoms with Crippen LogP contribution in [0.1, 0.15) is 23.1 Å². The second-order valence-corrected chi connectivity index (χ2v) is 3.60. The Morgan fingerprint density at radius 1 is 1.36 bits per heavy atom. The highest BCUT2D eigenvalue weighted by molar-refractivity contribution is 6.03. The van der Waals surface area contributed by atoms with Crippen molar-refractivity contribution < 1.29 is 9.94 Å². The molecule has 0 saturated carbocycles. The SMILES string of the molecule is Cc1cc(C)c2c(c1)/C(=N/O)CCO2. The second-order valence-electron chi connectivity index (χ2n) is 3.60. The Balaban J connectivity index is 2.62. The summed E-state index contributed by atoms with van der Waals surface area (Å²) in [4.78, 5) is 0. The van der Waals surface area contributed by atoms with Crippen LogP contribution in [0.25, 0.3) is 0 Å². The van der Waals surface area contributed by atoms with Gasteiger partial charge in [-0.3, -0.25) is 0 Å². The van der Waals surface area contributed by atoms with E-state index in [1.54, 1.807) is 0 Å². The monoisotopic (exact) mass is 191 g/mol. The van der Waals surface area contributed by atoms with E-state index in [0.717, 1.165) is 28.2 Å². The zero-order chi connectivity index (χ0) is 10.1. The van der Waals surface area contributed by atoms with Gasteiger partial charge in [0.15, 0.2) is 0 Å². The molecule has 0 saturated heterocycles. The summed E-state index contributed by atoms with van der Waals surface area (Å²) in [5.74, 6) is 0.856. The van der Waals surface area contributed by atoms with Gasteiger partial charge in [-0.1, -0.05) is 11.2 Å². The van der Waals surface area contributed by atoms with Crippen molar-refractivity contribution in [1.29, 1.82) is 0 Å². The van der Waals surface area contributed by atoms with Gasteiger partial charge in [-0.15, -0.1) is 0 Å². The number of rotatable bonds is 0. The molecule has 0 bridgehead atoms. The molecular weight excluding hydrogens is 178 g/mol. The molecule has 1 aromatic rings. The van der Waals surface area contributed by atoms with Crippen molar-refractivity contribution in [2.45, 2.75) is 20.3 Å². The zero-order valence-corrected chi connectivity index (χ0v) is 8.37. The van der Waals surface area contributed by atoms with Crippen molar-refractivity contribution in [1.82, 2.24) is 0 Å². The molecule has 1 heterocycles. The summed E-state index contributed by atoms with van der Waals surface area (Å²) < 4.78 is 5.55. The molecule has 1 aliphatic rings. The molecule has 1 aliphatic heterocycles. The summed E-state index contributed by atoms with van der Waals surface area (Å²) in [7, 11) is 0. The molecule has 74 valence electrons. The van der Waals surface area contributed by atoms with Crippen molar-refractivity contribution in [3.05, 3.63) is 28.8 Å². The summed E-state index contributed by atoms with van der Waals surface area (Å²) in [5.41, 5.74) is 3.91. The third-order valence-electron chi connectivity index (χ3n) is 2.44. The van der Waals surface area contributed by atoms with Crippen LogP contribution in [0.2, 0.25) is 0 Å². The summed E-state index contributed by atoms with van der Waals surface area (Å²) in [6.07, 6.45) is 0.673. The summed E-state index contributed by atoms with van der Waals surface area (Å²) in [5, 5.41) is 12.2. The predicted octanol–water partition coefficient (Wildman–Crippen LogP) is 2.26. The van der Waals surface area contributed by atoms with Crippen molar-refractivity contribution in [2.24, 2.45) is 5.16 Å². The highest BCUT2D eigenvalue weighted by Gasteiger charge is 2.19. The fourth-order valence-corrected chi connectivity index (χ4v) is 1.85. The van der Waals surface area contributed by atoms with Crippen LogP contribution in [0.5, 0.6) is 5.75 Å². The van der Waals surface area contributed by atoms with E-state index in [1.165, 1.54) is 0 Å². The number of oxime groups is 1. The van der Waals surface area contributed by atoms with E-state index in [0.29, 0.717) is 13.0 Å². The lowest BCUT2D eigenvalue weighted by atomic mass is 9.98. The maximum Gasteiger partial charge on any atom is 0.131 e. The first-order valence-electron chi connectivity index (χ1n) is 4.67. The highest BCUT2D eigenvalue weighted by Crippen LogP contribution is 2.29. The molecule has 0 aliphatic carbocycles. The molecule has 3 nitrogen and oxygen atoms in total. The smallest absolute Gasteiger partial charge is 0.131 e. The molecular formula is C11H13NO2. The molecule has 1 aromatic carbocycles. The minimum atomic E-state index is 0.594. The van der Waals surface area contributed by atoms with Crippen LogP contribution < -0.4 is 4.74 Å². The van der Waals surface area contributed by atoms with E-state index in [9.17, 15) is 0 Å². The number of nitrogens with zero attached hydrogens (tertiary/aromatic N) is 1. The summed E-state index contributed by atoms with van der Waals surface area (Å²) in [6, 6.07) is 4.07. The number of aryl methyl sites for hydroxylation is 2. The van der Waals surface area contributed by atoms with Crippen LogP contribution in [0.3, 0.4) is 0 Å². The number of hydrogen-bond acceptors (Lipinski definition) is 3. The molecule has 2 rings (SSSR count). The fraction of sp³-hybridized carbons (Fsp3) is 0.364. The molecule has 0 spiro atoms. The van der Waals surface area contributed by atoms with E-state index >= 15 is 0 Å². The Kier molecular flexibility index (Phi) is 2.15. The van der Waals surface area contributed by atoms with Crippen molar-refractivity contribution in [3.63, 3.8) is 0 Å². The molecule has 0 amide bonds. The lowest BCUT2D eigenvalue weighted by Gasteiger charge is -2.20. The van der Waals surface area contributed by atoms with Crippen LogP contribution in [-0.4, -0.2) is 17.5 Å². The second kappa shape index (κ2) is 3.33. The molecule has 0 atom stereocenters.